The normalized spacial score (nSPS) is 50.5. The van der Waals surface area contributed by atoms with Gasteiger partial charge in [-0.1, -0.05) is 27.7 Å². The van der Waals surface area contributed by atoms with E-state index >= 15 is 0 Å². The van der Waals surface area contributed by atoms with E-state index in [0.717, 1.165) is 6.42 Å². The van der Waals surface area contributed by atoms with Crippen molar-refractivity contribution in [3.05, 3.63) is 0 Å². The van der Waals surface area contributed by atoms with Crippen molar-refractivity contribution < 1.29 is 5.11 Å². The van der Waals surface area contributed by atoms with Crippen molar-refractivity contribution in [2.75, 3.05) is 0 Å². The molecule has 2 aliphatic rings. The third-order valence-corrected chi connectivity index (χ3v) is 4.52. The molecule has 2 rings (SSSR count). The summed E-state index contributed by atoms with van der Waals surface area (Å²) in [6, 6.07) is 0. The van der Waals surface area contributed by atoms with Crippen LogP contribution in [0, 0.1) is 16.2 Å². The van der Waals surface area contributed by atoms with Crippen LogP contribution in [-0.4, -0.2) is 11.2 Å². The van der Waals surface area contributed by atoms with Crippen molar-refractivity contribution in [1.82, 2.24) is 0 Å². The van der Waals surface area contributed by atoms with Gasteiger partial charge in [0.1, 0.15) is 0 Å². The van der Waals surface area contributed by atoms with Gasteiger partial charge in [-0.05, 0) is 29.1 Å². The van der Waals surface area contributed by atoms with Gasteiger partial charge in [-0.15, -0.1) is 0 Å². The lowest BCUT2D eigenvalue weighted by molar-refractivity contribution is -0.131. The van der Waals surface area contributed by atoms with Crippen molar-refractivity contribution in [2.24, 2.45) is 16.2 Å². The van der Waals surface area contributed by atoms with Crippen LogP contribution in [0.3, 0.4) is 0 Å². The fourth-order valence-electron chi connectivity index (χ4n) is 3.19. The van der Waals surface area contributed by atoms with E-state index in [-0.39, 0.29) is 11.5 Å². The Labute approximate surface area is 68.8 Å². The summed E-state index contributed by atoms with van der Waals surface area (Å²) in [5.41, 5.74) is 1.16. The van der Waals surface area contributed by atoms with E-state index in [9.17, 15) is 5.11 Å². The molecule has 2 unspecified atom stereocenters. The minimum atomic E-state index is -0.0516. The predicted molar refractivity (Wildman–Crippen MR) is 45.2 cm³/mol. The molecule has 1 nitrogen and oxygen atoms in total. The maximum atomic E-state index is 9.58. The molecule has 2 atom stereocenters. The largest absolute Gasteiger partial charge is 0.393 e. The number of hydrogen-bond donors (Lipinski definition) is 1. The third-order valence-electron chi connectivity index (χ3n) is 4.52. The summed E-state index contributed by atoms with van der Waals surface area (Å²) in [6.45, 7) is 9.05. The molecule has 0 radical (unpaired) electrons. The predicted octanol–water partition coefficient (Wildman–Crippen LogP) is 2.19. The highest BCUT2D eigenvalue weighted by Gasteiger charge is 2.76. The molecule has 1 spiro atoms. The van der Waals surface area contributed by atoms with E-state index in [1.165, 1.54) is 6.42 Å². The Morgan fingerprint density at radius 3 is 1.73 bits per heavy atom. The molecule has 0 heterocycles. The summed E-state index contributed by atoms with van der Waals surface area (Å²) in [5, 5.41) is 9.58. The van der Waals surface area contributed by atoms with E-state index in [0.29, 0.717) is 10.8 Å². The first kappa shape index (κ1) is 7.60. The van der Waals surface area contributed by atoms with Crippen LogP contribution in [0.2, 0.25) is 0 Å². The summed E-state index contributed by atoms with van der Waals surface area (Å²) in [6.07, 6.45) is 2.29. The van der Waals surface area contributed by atoms with E-state index in [1.807, 2.05) is 0 Å². The molecule has 0 aromatic rings. The summed E-state index contributed by atoms with van der Waals surface area (Å²) in [7, 11) is 0. The van der Waals surface area contributed by atoms with Crippen LogP contribution in [-0.2, 0) is 0 Å². The first-order chi connectivity index (χ1) is 4.83. The summed E-state index contributed by atoms with van der Waals surface area (Å²) in [5.74, 6) is 0. The van der Waals surface area contributed by atoms with Crippen molar-refractivity contribution in [1.29, 1.82) is 0 Å². The Hall–Kier alpha value is -0.0400. The Bertz CT molecular complexity index is 205. The van der Waals surface area contributed by atoms with Crippen LogP contribution in [0.15, 0.2) is 0 Å². The lowest BCUT2D eigenvalue weighted by Gasteiger charge is -2.53. The lowest BCUT2D eigenvalue weighted by atomic mass is 9.54. The van der Waals surface area contributed by atoms with Crippen molar-refractivity contribution in [2.45, 2.75) is 46.6 Å². The van der Waals surface area contributed by atoms with Gasteiger partial charge in [0.25, 0.3) is 0 Å². The number of aliphatic hydroxyl groups excluding tert-OH is 1. The molecular weight excluding hydrogens is 136 g/mol. The Balaban J connectivity index is 2.23. The zero-order valence-electron chi connectivity index (χ0n) is 7.94. The van der Waals surface area contributed by atoms with Crippen LogP contribution in [0.1, 0.15) is 40.5 Å². The van der Waals surface area contributed by atoms with Crippen LogP contribution >= 0.6 is 0 Å². The topological polar surface area (TPSA) is 20.2 Å². The molecule has 0 aromatic heterocycles. The highest BCUT2D eigenvalue weighted by molar-refractivity contribution is 5.24. The molecule has 11 heavy (non-hydrogen) atoms. The highest BCUT2D eigenvalue weighted by atomic mass is 16.3. The van der Waals surface area contributed by atoms with E-state index in [2.05, 4.69) is 27.7 Å². The van der Waals surface area contributed by atoms with Crippen LogP contribution in [0.4, 0.5) is 0 Å². The Kier molecular flexibility index (Phi) is 1.05. The van der Waals surface area contributed by atoms with Crippen molar-refractivity contribution in [3.63, 3.8) is 0 Å². The van der Waals surface area contributed by atoms with Gasteiger partial charge in [-0.2, -0.15) is 0 Å². The van der Waals surface area contributed by atoms with Crippen LogP contribution in [0.5, 0.6) is 0 Å². The van der Waals surface area contributed by atoms with Crippen molar-refractivity contribution >= 4 is 0 Å². The number of rotatable bonds is 0. The van der Waals surface area contributed by atoms with E-state index < -0.39 is 0 Å². The van der Waals surface area contributed by atoms with E-state index in [1.54, 1.807) is 0 Å². The second-order valence-electron chi connectivity index (χ2n) is 5.58. The molecule has 0 aliphatic heterocycles. The molecule has 2 aliphatic carbocycles. The molecular formula is C10H18O. The summed E-state index contributed by atoms with van der Waals surface area (Å²) < 4.78 is 0. The standard InChI is InChI=1S/C10H18O/c1-8(2)6-10(8)5-7(11)9(10,3)4/h7,11H,5-6H2,1-4H3. The molecule has 2 saturated carbocycles. The summed E-state index contributed by atoms with van der Waals surface area (Å²) in [4.78, 5) is 0. The molecule has 0 amide bonds. The third kappa shape index (κ3) is 0.581. The second kappa shape index (κ2) is 1.52. The molecule has 0 saturated heterocycles. The van der Waals surface area contributed by atoms with Gasteiger partial charge >= 0.3 is 0 Å². The zero-order chi connectivity index (χ0) is 8.49. The monoisotopic (exact) mass is 154 g/mol. The average molecular weight is 154 g/mol. The maximum Gasteiger partial charge on any atom is 0.0602 e. The minimum Gasteiger partial charge on any atom is -0.393 e. The van der Waals surface area contributed by atoms with Gasteiger partial charge in [0.05, 0.1) is 6.10 Å². The Morgan fingerprint density at radius 2 is 1.64 bits per heavy atom. The molecule has 1 N–H and O–H groups in total. The average Bonchev–Trinajstić information content (AvgIpc) is 2.38. The van der Waals surface area contributed by atoms with Gasteiger partial charge in [-0.25, -0.2) is 0 Å². The van der Waals surface area contributed by atoms with Gasteiger partial charge in [0.2, 0.25) is 0 Å². The lowest BCUT2D eigenvalue weighted by Crippen LogP contribution is -2.53. The van der Waals surface area contributed by atoms with Crippen LogP contribution in [0.25, 0.3) is 0 Å². The summed E-state index contributed by atoms with van der Waals surface area (Å²) >= 11 is 0. The smallest absolute Gasteiger partial charge is 0.0602 e. The number of hydrogen-bond acceptors (Lipinski definition) is 1. The van der Waals surface area contributed by atoms with Gasteiger partial charge < -0.3 is 5.11 Å². The first-order valence-electron chi connectivity index (χ1n) is 4.52. The molecule has 64 valence electrons. The molecule has 0 bridgehead atoms. The maximum absolute atomic E-state index is 9.58. The Morgan fingerprint density at radius 1 is 1.18 bits per heavy atom. The SMILES string of the molecule is CC1(C)CC12CC(O)C2(C)C. The van der Waals surface area contributed by atoms with Crippen molar-refractivity contribution in [3.8, 4) is 0 Å². The fourth-order valence-corrected chi connectivity index (χ4v) is 3.19. The minimum absolute atomic E-state index is 0.0516. The fraction of sp³-hybridized carbons (Fsp3) is 1.00. The van der Waals surface area contributed by atoms with Gasteiger partial charge in [0, 0.05) is 0 Å². The van der Waals surface area contributed by atoms with E-state index in [4.69, 9.17) is 0 Å². The quantitative estimate of drug-likeness (QED) is 0.567. The highest BCUT2D eigenvalue weighted by Crippen LogP contribution is 2.80. The van der Waals surface area contributed by atoms with Crippen LogP contribution < -0.4 is 0 Å². The molecule has 0 aromatic carbocycles. The van der Waals surface area contributed by atoms with Gasteiger partial charge in [-0.3, -0.25) is 0 Å². The first-order valence-corrected chi connectivity index (χ1v) is 4.52. The molecule has 1 heteroatoms. The zero-order valence-corrected chi connectivity index (χ0v) is 7.94. The molecule has 2 fully saturated rings. The van der Waals surface area contributed by atoms with Gasteiger partial charge in [0.15, 0.2) is 0 Å². The second-order valence-corrected chi connectivity index (χ2v) is 5.58. The number of aliphatic hydroxyl groups is 1.